The van der Waals surface area contributed by atoms with E-state index < -0.39 is 23.5 Å². The van der Waals surface area contributed by atoms with E-state index in [1.54, 1.807) is 31.2 Å². The van der Waals surface area contributed by atoms with Crippen molar-refractivity contribution >= 4 is 33.9 Å². The minimum Gasteiger partial charge on any atom is -0.503 e. The number of hydrogen-bond donors (Lipinski definition) is 1. The van der Waals surface area contributed by atoms with E-state index >= 15 is 0 Å². The zero-order valence-electron chi connectivity index (χ0n) is 21.8. The number of thiazole rings is 1. The number of benzene rings is 1. The maximum Gasteiger partial charge on any atom is 0.296 e. The number of rotatable bonds is 12. The Kier molecular flexibility index (Phi) is 8.31. The Labute approximate surface area is 224 Å². The Balaban J connectivity index is 1.82. The predicted octanol–water partition coefficient (Wildman–Crippen LogP) is 6.00. The Morgan fingerprint density at radius 3 is 2.58 bits per heavy atom. The van der Waals surface area contributed by atoms with Gasteiger partial charge in [0.2, 0.25) is 5.78 Å². The van der Waals surface area contributed by atoms with E-state index in [-0.39, 0.29) is 22.2 Å². The average Bonchev–Trinajstić information content (AvgIpc) is 3.62. The molecule has 0 saturated heterocycles. The third-order valence-electron chi connectivity index (χ3n) is 6.10. The van der Waals surface area contributed by atoms with Crippen LogP contribution in [0, 0.1) is 6.92 Å². The number of furan rings is 1. The standard InChI is InChI=1S/C28H30N2O7S/c1-5-7-8-13-36-19-12-11-18(15-21(19)35-6-2)23-22(24(32)20-10-9-14-37-20)25(33)27(34)30(23)28-29-16(3)26(38-28)17(4)31/h9-12,14-15,23,33H,5-8,13H2,1-4H3. The van der Waals surface area contributed by atoms with E-state index in [0.717, 1.165) is 30.6 Å². The van der Waals surface area contributed by atoms with Crippen molar-refractivity contribution in [2.45, 2.75) is 53.0 Å². The Morgan fingerprint density at radius 2 is 1.95 bits per heavy atom. The van der Waals surface area contributed by atoms with Crippen LogP contribution >= 0.6 is 11.3 Å². The van der Waals surface area contributed by atoms with Crippen LogP contribution in [0.1, 0.15) is 77.6 Å². The SMILES string of the molecule is CCCCCOc1ccc(C2C(C(=O)c3ccco3)=C(O)C(=O)N2c2nc(C)c(C(C)=O)s2)cc1OCC. The summed E-state index contributed by atoms with van der Waals surface area (Å²) in [6, 6.07) is 7.13. The number of aliphatic hydroxyl groups excluding tert-OH is 1. The second-order valence-corrected chi connectivity index (χ2v) is 9.79. The molecule has 38 heavy (non-hydrogen) atoms. The van der Waals surface area contributed by atoms with Crippen molar-refractivity contribution in [2.75, 3.05) is 18.1 Å². The van der Waals surface area contributed by atoms with Crippen LogP contribution < -0.4 is 14.4 Å². The highest BCUT2D eigenvalue weighted by atomic mass is 32.1. The van der Waals surface area contributed by atoms with Gasteiger partial charge in [-0.2, -0.15) is 0 Å². The van der Waals surface area contributed by atoms with E-state index in [4.69, 9.17) is 13.9 Å². The monoisotopic (exact) mass is 538 g/mol. The Morgan fingerprint density at radius 1 is 1.16 bits per heavy atom. The fourth-order valence-electron chi connectivity index (χ4n) is 4.32. The highest BCUT2D eigenvalue weighted by molar-refractivity contribution is 7.17. The summed E-state index contributed by atoms with van der Waals surface area (Å²) in [4.78, 5) is 45.1. The van der Waals surface area contributed by atoms with Gasteiger partial charge in [0.1, 0.15) is 0 Å². The Bertz CT molecular complexity index is 1370. The van der Waals surface area contributed by atoms with Crippen molar-refractivity contribution in [3.05, 3.63) is 69.8 Å². The number of carbonyl (C=O) groups is 3. The van der Waals surface area contributed by atoms with Crippen molar-refractivity contribution in [2.24, 2.45) is 0 Å². The topological polar surface area (TPSA) is 119 Å². The normalized spacial score (nSPS) is 15.3. The van der Waals surface area contributed by atoms with Crippen LogP contribution in [-0.2, 0) is 4.79 Å². The predicted molar refractivity (Wildman–Crippen MR) is 142 cm³/mol. The summed E-state index contributed by atoms with van der Waals surface area (Å²) in [7, 11) is 0. The van der Waals surface area contributed by atoms with Crippen molar-refractivity contribution in [1.82, 2.24) is 4.98 Å². The highest BCUT2D eigenvalue weighted by Crippen LogP contribution is 2.45. The molecule has 10 heteroatoms. The molecule has 3 aromatic rings. The van der Waals surface area contributed by atoms with Gasteiger partial charge in [-0.25, -0.2) is 4.98 Å². The quantitative estimate of drug-likeness (QED) is 0.220. The number of ether oxygens (including phenoxy) is 2. The number of anilines is 1. The van der Waals surface area contributed by atoms with Crippen LogP contribution in [0.2, 0.25) is 0 Å². The van der Waals surface area contributed by atoms with E-state index in [1.165, 1.54) is 24.2 Å². The molecule has 1 unspecified atom stereocenters. The molecule has 1 aliphatic heterocycles. The first-order chi connectivity index (χ1) is 18.3. The second-order valence-electron chi connectivity index (χ2n) is 8.81. The molecule has 1 aliphatic rings. The first-order valence-corrected chi connectivity index (χ1v) is 13.3. The van der Waals surface area contributed by atoms with Gasteiger partial charge in [-0.15, -0.1) is 0 Å². The average molecular weight is 539 g/mol. The molecule has 4 rings (SSSR count). The summed E-state index contributed by atoms with van der Waals surface area (Å²) in [5, 5.41) is 11.1. The molecule has 0 fully saturated rings. The van der Waals surface area contributed by atoms with Gasteiger partial charge >= 0.3 is 0 Å². The smallest absolute Gasteiger partial charge is 0.296 e. The lowest BCUT2D eigenvalue weighted by Crippen LogP contribution is -2.31. The number of nitrogens with zero attached hydrogens (tertiary/aromatic N) is 2. The van der Waals surface area contributed by atoms with Crippen molar-refractivity contribution < 1.29 is 33.4 Å². The molecule has 1 amide bonds. The number of aliphatic hydroxyl groups is 1. The number of ketones is 2. The summed E-state index contributed by atoms with van der Waals surface area (Å²) < 4.78 is 17.1. The third kappa shape index (κ3) is 5.22. The van der Waals surface area contributed by atoms with Gasteiger partial charge in [0.15, 0.2) is 33.9 Å². The fourth-order valence-corrected chi connectivity index (χ4v) is 5.31. The first kappa shape index (κ1) is 27.1. The van der Waals surface area contributed by atoms with Crippen molar-refractivity contribution in [3.63, 3.8) is 0 Å². The number of Topliss-reactive ketones (excluding diaryl/α,β-unsaturated/α-hetero) is 2. The van der Waals surface area contributed by atoms with E-state index in [1.807, 2.05) is 6.92 Å². The molecule has 1 atom stereocenters. The first-order valence-electron chi connectivity index (χ1n) is 12.5. The van der Waals surface area contributed by atoms with E-state index in [0.29, 0.717) is 40.8 Å². The summed E-state index contributed by atoms with van der Waals surface area (Å²) >= 11 is 1.03. The fraction of sp³-hybridized carbons (Fsp3) is 0.357. The number of aryl methyl sites for hydroxylation is 1. The molecule has 9 nitrogen and oxygen atoms in total. The van der Waals surface area contributed by atoms with Crippen molar-refractivity contribution in [1.29, 1.82) is 0 Å². The number of amides is 1. The van der Waals surface area contributed by atoms with Gasteiger partial charge in [-0.05, 0) is 50.1 Å². The minimum atomic E-state index is -1.04. The number of unbranched alkanes of at least 4 members (excludes halogenated alkanes) is 2. The van der Waals surface area contributed by atoms with Gasteiger partial charge in [0, 0.05) is 6.92 Å². The molecular weight excluding hydrogens is 508 g/mol. The van der Waals surface area contributed by atoms with Crippen LogP contribution in [0.4, 0.5) is 5.13 Å². The maximum atomic E-state index is 13.5. The van der Waals surface area contributed by atoms with Gasteiger partial charge in [-0.1, -0.05) is 37.2 Å². The zero-order valence-corrected chi connectivity index (χ0v) is 22.6. The van der Waals surface area contributed by atoms with Crippen LogP contribution in [0.15, 0.2) is 52.3 Å². The van der Waals surface area contributed by atoms with Gasteiger partial charge in [0.25, 0.3) is 5.91 Å². The summed E-state index contributed by atoms with van der Waals surface area (Å²) in [6.07, 6.45) is 4.35. The summed E-state index contributed by atoms with van der Waals surface area (Å²) in [5.74, 6) is -1.36. The molecule has 0 saturated carbocycles. The van der Waals surface area contributed by atoms with Crippen LogP contribution in [0.25, 0.3) is 0 Å². The summed E-state index contributed by atoms with van der Waals surface area (Å²) in [5.41, 5.74) is 0.806. The second kappa shape index (κ2) is 11.6. The lowest BCUT2D eigenvalue weighted by atomic mass is 9.95. The largest absolute Gasteiger partial charge is 0.503 e. The summed E-state index contributed by atoms with van der Waals surface area (Å²) in [6.45, 7) is 7.95. The molecular formula is C28H30N2O7S. The lowest BCUT2D eigenvalue weighted by molar-refractivity contribution is -0.117. The van der Waals surface area contributed by atoms with Crippen LogP contribution in [-0.4, -0.2) is 40.8 Å². The van der Waals surface area contributed by atoms with Crippen LogP contribution in [0.3, 0.4) is 0 Å². The molecule has 1 N–H and O–H groups in total. The Hall–Kier alpha value is -3.92. The van der Waals surface area contributed by atoms with Gasteiger partial charge in [0.05, 0.1) is 41.7 Å². The minimum absolute atomic E-state index is 0.0214. The highest BCUT2D eigenvalue weighted by Gasteiger charge is 2.47. The molecule has 2 aromatic heterocycles. The maximum absolute atomic E-state index is 13.5. The van der Waals surface area contributed by atoms with Crippen LogP contribution in [0.5, 0.6) is 11.5 Å². The van der Waals surface area contributed by atoms with E-state index in [2.05, 4.69) is 11.9 Å². The molecule has 1 aromatic carbocycles. The molecule has 0 bridgehead atoms. The van der Waals surface area contributed by atoms with Crippen molar-refractivity contribution in [3.8, 4) is 11.5 Å². The molecule has 0 aliphatic carbocycles. The lowest BCUT2D eigenvalue weighted by Gasteiger charge is -2.25. The van der Waals surface area contributed by atoms with Gasteiger partial charge < -0.3 is 19.0 Å². The molecule has 200 valence electrons. The molecule has 0 radical (unpaired) electrons. The third-order valence-corrected chi connectivity index (χ3v) is 7.36. The molecule has 0 spiro atoms. The molecule has 3 heterocycles. The number of hydrogen-bond acceptors (Lipinski definition) is 9. The van der Waals surface area contributed by atoms with E-state index in [9.17, 15) is 19.5 Å². The van der Waals surface area contributed by atoms with Gasteiger partial charge in [-0.3, -0.25) is 19.3 Å². The number of aromatic nitrogens is 1. The zero-order chi connectivity index (χ0) is 27.4. The number of carbonyl (C=O) groups excluding carboxylic acids is 3.